The predicted molar refractivity (Wildman–Crippen MR) is 93.6 cm³/mol. The fraction of sp³-hybridized carbons (Fsp3) is 0.222. The molecule has 0 aromatic heterocycles. The summed E-state index contributed by atoms with van der Waals surface area (Å²) in [6, 6.07) is 14.5. The van der Waals surface area contributed by atoms with Crippen LogP contribution in [0.3, 0.4) is 0 Å². The van der Waals surface area contributed by atoms with E-state index in [1.54, 1.807) is 19.1 Å². The molecule has 23 heavy (non-hydrogen) atoms. The largest absolute Gasteiger partial charge is 0.374 e. The first-order chi connectivity index (χ1) is 11.0. The van der Waals surface area contributed by atoms with Crippen LogP contribution < -0.4 is 16.0 Å². The summed E-state index contributed by atoms with van der Waals surface area (Å²) in [4.78, 5) is 23.2. The van der Waals surface area contributed by atoms with Gasteiger partial charge in [0.15, 0.2) is 0 Å². The van der Waals surface area contributed by atoms with Crippen LogP contribution in [-0.2, 0) is 9.59 Å². The molecule has 5 nitrogen and oxygen atoms in total. The predicted octanol–water partition coefficient (Wildman–Crippen LogP) is 3.39. The number of hydrogen-bond donors (Lipinski definition) is 3. The Kier molecular flexibility index (Phi) is 5.36. The van der Waals surface area contributed by atoms with Crippen molar-refractivity contribution in [2.24, 2.45) is 0 Å². The summed E-state index contributed by atoms with van der Waals surface area (Å²) < 4.78 is 0. The lowest BCUT2D eigenvalue weighted by Crippen LogP contribution is -2.32. The van der Waals surface area contributed by atoms with E-state index in [-0.39, 0.29) is 17.9 Å². The summed E-state index contributed by atoms with van der Waals surface area (Å²) in [6.45, 7) is 5.22. The van der Waals surface area contributed by atoms with Crippen LogP contribution in [0.4, 0.5) is 17.1 Å². The maximum absolute atomic E-state index is 12.3. The third kappa shape index (κ3) is 4.85. The van der Waals surface area contributed by atoms with Crippen molar-refractivity contribution in [2.75, 3.05) is 16.0 Å². The maximum atomic E-state index is 12.3. The van der Waals surface area contributed by atoms with Crippen molar-refractivity contribution in [3.63, 3.8) is 0 Å². The first kappa shape index (κ1) is 16.5. The zero-order valence-electron chi connectivity index (χ0n) is 13.5. The van der Waals surface area contributed by atoms with Gasteiger partial charge in [0, 0.05) is 24.0 Å². The van der Waals surface area contributed by atoms with Crippen LogP contribution in [0, 0.1) is 6.92 Å². The van der Waals surface area contributed by atoms with E-state index < -0.39 is 0 Å². The van der Waals surface area contributed by atoms with Crippen LogP contribution in [0.5, 0.6) is 0 Å². The Morgan fingerprint density at radius 1 is 0.913 bits per heavy atom. The zero-order chi connectivity index (χ0) is 16.8. The Morgan fingerprint density at radius 2 is 1.52 bits per heavy atom. The Hall–Kier alpha value is -2.82. The third-order valence-electron chi connectivity index (χ3n) is 3.38. The van der Waals surface area contributed by atoms with E-state index in [1.807, 2.05) is 43.3 Å². The normalized spacial score (nSPS) is 11.4. The first-order valence-corrected chi connectivity index (χ1v) is 7.46. The molecule has 0 saturated carbocycles. The molecule has 0 bridgehead atoms. The maximum Gasteiger partial charge on any atom is 0.246 e. The van der Waals surface area contributed by atoms with E-state index >= 15 is 0 Å². The van der Waals surface area contributed by atoms with Crippen LogP contribution in [0.2, 0.25) is 0 Å². The lowest BCUT2D eigenvalue weighted by atomic mass is 10.2. The minimum absolute atomic E-state index is 0.106. The second-order valence-electron chi connectivity index (χ2n) is 5.43. The minimum atomic E-state index is -0.388. The molecule has 0 spiro atoms. The molecule has 0 fully saturated rings. The van der Waals surface area contributed by atoms with Gasteiger partial charge in [0.05, 0.1) is 0 Å². The Bertz CT molecular complexity index is 696. The molecule has 120 valence electrons. The standard InChI is InChI=1S/C18H21N3O2/c1-12-6-4-5-7-17(12)21-18(23)13(2)19-15-8-10-16(11-9-15)20-14(3)22/h4-11,13,19H,1-3H3,(H,20,22)(H,21,23)/t13-/m1/s1. The van der Waals surface area contributed by atoms with Crippen molar-refractivity contribution >= 4 is 28.9 Å². The van der Waals surface area contributed by atoms with Gasteiger partial charge in [0.25, 0.3) is 0 Å². The summed E-state index contributed by atoms with van der Waals surface area (Å²) in [5, 5.41) is 8.75. The molecule has 0 unspecified atom stereocenters. The lowest BCUT2D eigenvalue weighted by Gasteiger charge is -2.16. The average molecular weight is 311 g/mol. The van der Waals surface area contributed by atoms with Gasteiger partial charge in [-0.05, 0) is 49.7 Å². The van der Waals surface area contributed by atoms with E-state index in [2.05, 4.69) is 16.0 Å². The summed E-state index contributed by atoms with van der Waals surface area (Å²) in [5.41, 5.74) is 3.37. The number of carbonyl (C=O) groups excluding carboxylic acids is 2. The number of benzene rings is 2. The van der Waals surface area contributed by atoms with Gasteiger partial charge in [-0.3, -0.25) is 9.59 Å². The molecule has 3 N–H and O–H groups in total. The average Bonchev–Trinajstić information content (AvgIpc) is 2.51. The molecule has 0 heterocycles. The van der Waals surface area contributed by atoms with Crippen LogP contribution in [0.1, 0.15) is 19.4 Å². The molecule has 1 atom stereocenters. The number of hydrogen-bond acceptors (Lipinski definition) is 3. The smallest absolute Gasteiger partial charge is 0.246 e. The van der Waals surface area contributed by atoms with Crippen molar-refractivity contribution in [1.82, 2.24) is 0 Å². The minimum Gasteiger partial charge on any atom is -0.374 e. The molecule has 0 saturated heterocycles. The van der Waals surface area contributed by atoms with E-state index in [0.29, 0.717) is 0 Å². The van der Waals surface area contributed by atoms with Crippen molar-refractivity contribution in [3.05, 3.63) is 54.1 Å². The quantitative estimate of drug-likeness (QED) is 0.792. The van der Waals surface area contributed by atoms with Crippen LogP contribution in [-0.4, -0.2) is 17.9 Å². The molecule has 2 rings (SSSR count). The highest BCUT2D eigenvalue weighted by Gasteiger charge is 2.13. The molecular formula is C18H21N3O2. The number of nitrogens with one attached hydrogen (secondary N) is 3. The molecule has 0 aliphatic rings. The summed E-state index contributed by atoms with van der Waals surface area (Å²) in [6.07, 6.45) is 0. The van der Waals surface area contributed by atoms with Crippen LogP contribution in [0.25, 0.3) is 0 Å². The van der Waals surface area contributed by atoms with Gasteiger partial charge < -0.3 is 16.0 Å². The number of para-hydroxylation sites is 1. The SMILES string of the molecule is CC(=O)Nc1ccc(N[C@H](C)C(=O)Nc2ccccc2C)cc1. The highest BCUT2D eigenvalue weighted by Crippen LogP contribution is 2.16. The molecule has 2 aromatic carbocycles. The molecule has 0 radical (unpaired) electrons. The van der Waals surface area contributed by atoms with E-state index in [1.165, 1.54) is 6.92 Å². The summed E-state index contributed by atoms with van der Waals surface area (Å²) >= 11 is 0. The van der Waals surface area contributed by atoms with Gasteiger partial charge in [0.2, 0.25) is 11.8 Å². The number of carbonyl (C=O) groups is 2. The lowest BCUT2D eigenvalue weighted by molar-refractivity contribution is -0.116. The van der Waals surface area contributed by atoms with Crippen LogP contribution >= 0.6 is 0 Å². The van der Waals surface area contributed by atoms with Crippen LogP contribution in [0.15, 0.2) is 48.5 Å². The molecule has 5 heteroatoms. The molecule has 2 aromatic rings. The van der Waals surface area contributed by atoms with E-state index in [4.69, 9.17) is 0 Å². The molecular weight excluding hydrogens is 290 g/mol. The van der Waals surface area contributed by atoms with Crippen molar-refractivity contribution < 1.29 is 9.59 Å². The van der Waals surface area contributed by atoms with Crippen molar-refractivity contribution in [3.8, 4) is 0 Å². The van der Waals surface area contributed by atoms with Crippen molar-refractivity contribution in [1.29, 1.82) is 0 Å². The number of aryl methyl sites for hydroxylation is 1. The Morgan fingerprint density at radius 3 is 2.13 bits per heavy atom. The fourth-order valence-corrected chi connectivity index (χ4v) is 2.12. The monoisotopic (exact) mass is 311 g/mol. The molecule has 0 aliphatic heterocycles. The number of rotatable bonds is 5. The summed E-state index contributed by atoms with van der Waals surface area (Å²) in [5.74, 6) is -0.220. The van der Waals surface area contributed by atoms with Gasteiger partial charge in [-0.2, -0.15) is 0 Å². The van der Waals surface area contributed by atoms with Crippen molar-refractivity contribution in [2.45, 2.75) is 26.8 Å². The Labute approximate surface area is 136 Å². The van der Waals surface area contributed by atoms with E-state index in [9.17, 15) is 9.59 Å². The van der Waals surface area contributed by atoms with Gasteiger partial charge in [0.1, 0.15) is 6.04 Å². The second-order valence-corrected chi connectivity index (χ2v) is 5.43. The highest BCUT2D eigenvalue weighted by atomic mass is 16.2. The molecule has 0 aliphatic carbocycles. The van der Waals surface area contributed by atoms with E-state index in [0.717, 1.165) is 22.6 Å². The third-order valence-corrected chi connectivity index (χ3v) is 3.38. The molecule has 2 amide bonds. The highest BCUT2D eigenvalue weighted by molar-refractivity contribution is 5.96. The summed E-state index contributed by atoms with van der Waals surface area (Å²) in [7, 11) is 0. The van der Waals surface area contributed by atoms with Gasteiger partial charge >= 0.3 is 0 Å². The Balaban J connectivity index is 1.95. The topological polar surface area (TPSA) is 70.2 Å². The van der Waals surface area contributed by atoms with Gasteiger partial charge in [-0.25, -0.2) is 0 Å². The van der Waals surface area contributed by atoms with Gasteiger partial charge in [-0.1, -0.05) is 18.2 Å². The number of anilines is 3. The fourth-order valence-electron chi connectivity index (χ4n) is 2.12. The van der Waals surface area contributed by atoms with Gasteiger partial charge in [-0.15, -0.1) is 0 Å². The second kappa shape index (κ2) is 7.45. The number of amides is 2. The first-order valence-electron chi connectivity index (χ1n) is 7.46. The zero-order valence-corrected chi connectivity index (χ0v) is 13.5.